The van der Waals surface area contributed by atoms with E-state index in [2.05, 4.69) is 9.97 Å². The van der Waals surface area contributed by atoms with Crippen molar-refractivity contribution in [3.8, 4) is 0 Å². The van der Waals surface area contributed by atoms with Crippen LogP contribution in [0.1, 0.15) is 23.0 Å². The number of nitrogens with zero attached hydrogens (tertiary/aromatic N) is 1. The van der Waals surface area contributed by atoms with E-state index in [1.807, 2.05) is 30.3 Å². The zero-order chi connectivity index (χ0) is 15.0. The minimum absolute atomic E-state index is 0.270. The molecule has 0 unspecified atom stereocenters. The molecule has 0 amide bonds. The van der Waals surface area contributed by atoms with Gasteiger partial charge in [0.15, 0.2) is 0 Å². The zero-order valence-corrected chi connectivity index (χ0v) is 10.9. The molecular weight excluding hydrogens is 279 g/mol. The van der Waals surface area contributed by atoms with Gasteiger partial charge in [-0.15, -0.1) is 0 Å². The molecule has 3 nitrogen and oxygen atoms in total. The van der Waals surface area contributed by atoms with Gasteiger partial charge in [-0.25, -0.2) is 4.98 Å². The molecule has 0 aliphatic heterocycles. The van der Waals surface area contributed by atoms with Crippen molar-refractivity contribution >= 4 is 11.0 Å². The molecule has 3 aromatic rings. The average molecular weight is 291 g/mol. The Morgan fingerprint density at radius 1 is 1.00 bits per heavy atom. The Bertz CT molecular complexity index is 763. The number of halogens is 3. The predicted octanol–water partition coefficient (Wildman–Crippen LogP) is 3.63. The molecule has 0 bridgehead atoms. The molecule has 6 heteroatoms. The molecular formula is C15H12F3N3. The largest absolute Gasteiger partial charge is 0.449 e. The number of hydrogen-bond donors (Lipinski definition) is 2. The van der Waals surface area contributed by atoms with E-state index >= 15 is 0 Å². The van der Waals surface area contributed by atoms with Crippen molar-refractivity contribution < 1.29 is 13.2 Å². The lowest BCUT2D eigenvalue weighted by atomic mass is 9.99. The van der Waals surface area contributed by atoms with Crippen LogP contribution in [-0.2, 0) is 6.18 Å². The van der Waals surface area contributed by atoms with Gasteiger partial charge in [0.1, 0.15) is 0 Å². The third-order valence-corrected chi connectivity index (χ3v) is 3.29. The summed E-state index contributed by atoms with van der Waals surface area (Å²) in [7, 11) is 0. The Balaban J connectivity index is 2.01. The lowest BCUT2D eigenvalue weighted by Crippen LogP contribution is -2.11. The van der Waals surface area contributed by atoms with E-state index in [1.165, 1.54) is 0 Å². The minimum Gasteiger partial charge on any atom is -0.334 e. The number of fused-ring (bicyclic) bond motifs is 1. The highest BCUT2D eigenvalue weighted by Gasteiger charge is 2.34. The Labute approximate surface area is 118 Å². The topological polar surface area (TPSA) is 54.7 Å². The summed E-state index contributed by atoms with van der Waals surface area (Å²) < 4.78 is 37.9. The Hall–Kier alpha value is -2.34. The first-order valence-electron chi connectivity index (χ1n) is 6.32. The van der Waals surface area contributed by atoms with Crippen LogP contribution >= 0.6 is 0 Å². The Morgan fingerprint density at radius 2 is 1.71 bits per heavy atom. The van der Waals surface area contributed by atoms with Gasteiger partial charge in [-0.1, -0.05) is 36.4 Å². The van der Waals surface area contributed by atoms with Gasteiger partial charge in [0.25, 0.3) is 0 Å². The molecule has 0 fully saturated rings. The first-order chi connectivity index (χ1) is 9.95. The van der Waals surface area contributed by atoms with Crippen molar-refractivity contribution in [2.24, 2.45) is 5.73 Å². The average Bonchev–Trinajstić information content (AvgIpc) is 2.90. The van der Waals surface area contributed by atoms with Crippen LogP contribution in [0.5, 0.6) is 0 Å². The standard InChI is InChI=1S/C15H12F3N3/c16-15(17,18)14-20-11-7-6-10(8-12(11)21-14)13(19)9-4-2-1-3-5-9/h1-8,13H,19H2,(H,20,21)/t13-/m1/s1. The number of imidazole rings is 1. The molecule has 2 aromatic carbocycles. The maximum atomic E-state index is 12.6. The smallest absolute Gasteiger partial charge is 0.334 e. The minimum atomic E-state index is -4.49. The molecule has 1 atom stereocenters. The van der Waals surface area contributed by atoms with E-state index in [1.54, 1.807) is 18.2 Å². The first kappa shape index (κ1) is 13.6. The molecule has 0 spiro atoms. The van der Waals surface area contributed by atoms with Gasteiger partial charge in [-0.3, -0.25) is 0 Å². The van der Waals surface area contributed by atoms with Gasteiger partial charge in [0, 0.05) is 0 Å². The second kappa shape index (κ2) is 4.89. The number of nitrogens with one attached hydrogen (secondary N) is 1. The van der Waals surface area contributed by atoms with Crippen molar-refractivity contribution in [3.05, 3.63) is 65.5 Å². The summed E-state index contributed by atoms with van der Waals surface area (Å²) >= 11 is 0. The fourth-order valence-electron chi connectivity index (χ4n) is 2.21. The van der Waals surface area contributed by atoms with Crippen molar-refractivity contribution in [2.75, 3.05) is 0 Å². The number of aromatic amines is 1. The van der Waals surface area contributed by atoms with Crippen LogP contribution in [0.2, 0.25) is 0 Å². The molecule has 0 aliphatic carbocycles. The fourth-order valence-corrected chi connectivity index (χ4v) is 2.21. The van der Waals surface area contributed by atoms with E-state index in [-0.39, 0.29) is 5.52 Å². The number of H-pyrrole nitrogens is 1. The van der Waals surface area contributed by atoms with E-state index in [0.29, 0.717) is 5.52 Å². The lowest BCUT2D eigenvalue weighted by molar-refractivity contribution is -0.144. The van der Waals surface area contributed by atoms with Gasteiger partial charge < -0.3 is 10.7 Å². The van der Waals surface area contributed by atoms with Crippen molar-refractivity contribution in [1.29, 1.82) is 0 Å². The van der Waals surface area contributed by atoms with Crippen LogP contribution in [-0.4, -0.2) is 9.97 Å². The van der Waals surface area contributed by atoms with Gasteiger partial charge >= 0.3 is 6.18 Å². The van der Waals surface area contributed by atoms with Crippen LogP contribution < -0.4 is 5.73 Å². The van der Waals surface area contributed by atoms with Crippen LogP contribution in [0.25, 0.3) is 11.0 Å². The Morgan fingerprint density at radius 3 is 2.38 bits per heavy atom. The summed E-state index contributed by atoms with van der Waals surface area (Å²) in [5.74, 6) is -0.997. The quantitative estimate of drug-likeness (QED) is 0.757. The molecule has 0 radical (unpaired) electrons. The highest BCUT2D eigenvalue weighted by atomic mass is 19.4. The number of rotatable bonds is 2. The third-order valence-electron chi connectivity index (χ3n) is 3.29. The summed E-state index contributed by atoms with van der Waals surface area (Å²) in [6, 6.07) is 13.8. The SMILES string of the molecule is N[C@H](c1ccccc1)c1ccc2nc(C(F)(F)F)[nH]c2c1. The van der Waals surface area contributed by atoms with Gasteiger partial charge in [-0.2, -0.15) is 13.2 Å². The molecule has 21 heavy (non-hydrogen) atoms. The maximum Gasteiger partial charge on any atom is 0.449 e. The monoisotopic (exact) mass is 291 g/mol. The summed E-state index contributed by atoms with van der Waals surface area (Å²) in [6.45, 7) is 0. The summed E-state index contributed by atoms with van der Waals surface area (Å²) in [4.78, 5) is 5.83. The number of alkyl halides is 3. The summed E-state index contributed by atoms with van der Waals surface area (Å²) in [6.07, 6.45) is -4.49. The van der Waals surface area contributed by atoms with E-state index in [0.717, 1.165) is 11.1 Å². The van der Waals surface area contributed by atoms with E-state index in [9.17, 15) is 13.2 Å². The number of benzene rings is 2. The van der Waals surface area contributed by atoms with Crippen LogP contribution in [0.3, 0.4) is 0 Å². The van der Waals surface area contributed by atoms with Crippen molar-refractivity contribution in [1.82, 2.24) is 9.97 Å². The number of nitrogens with two attached hydrogens (primary N) is 1. The van der Waals surface area contributed by atoms with Crippen molar-refractivity contribution in [3.63, 3.8) is 0 Å². The van der Waals surface area contributed by atoms with E-state index < -0.39 is 18.0 Å². The third kappa shape index (κ3) is 2.62. The maximum absolute atomic E-state index is 12.6. The molecule has 1 heterocycles. The van der Waals surface area contributed by atoms with Crippen molar-refractivity contribution in [2.45, 2.75) is 12.2 Å². The number of hydrogen-bond acceptors (Lipinski definition) is 2. The summed E-state index contributed by atoms with van der Waals surface area (Å²) in [5.41, 5.74) is 8.36. The molecule has 0 saturated carbocycles. The molecule has 0 saturated heterocycles. The highest BCUT2D eigenvalue weighted by Crippen LogP contribution is 2.29. The highest BCUT2D eigenvalue weighted by molar-refractivity contribution is 5.76. The molecule has 3 N–H and O–H groups in total. The first-order valence-corrected chi connectivity index (χ1v) is 6.32. The van der Waals surface area contributed by atoms with Gasteiger partial charge in [0.2, 0.25) is 5.82 Å². The van der Waals surface area contributed by atoms with Crippen LogP contribution in [0.4, 0.5) is 13.2 Å². The molecule has 108 valence electrons. The van der Waals surface area contributed by atoms with Crippen LogP contribution in [0, 0.1) is 0 Å². The summed E-state index contributed by atoms with van der Waals surface area (Å²) in [5, 5.41) is 0. The lowest BCUT2D eigenvalue weighted by Gasteiger charge is -2.12. The van der Waals surface area contributed by atoms with E-state index in [4.69, 9.17) is 5.73 Å². The van der Waals surface area contributed by atoms with Gasteiger partial charge in [-0.05, 0) is 23.3 Å². The Kier molecular flexibility index (Phi) is 3.17. The molecule has 1 aromatic heterocycles. The number of aromatic nitrogens is 2. The second-order valence-electron chi connectivity index (χ2n) is 4.75. The fraction of sp³-hybridized carbons (Fsp3) is 0.133. The van der Waals surface area contributed by atoms with Crippen LogP contribution in [0.15, 0.2) is 48.5 Å². The molecule has 3 rings (SSSR count). The molecule has 0 aliphatic rings. The van der Waals surface area contributed by atoms with Gasteiger partial charge in [0.05, 0.1) is 17.1 Å². The normalized spacial score (nSPS) is 13.5. The predicted molar refractivity (Wildman–Crippen MR) is 73.6 cm³/mol. The zero-order valence-electron chi connectivity index (χ0n) is 10.9. The second-order valence-corrected chi connectivity index (χ2v) is 4.75.